The fourth-order valence-electron chi connectivity index (χ4n) is 6.69. The Kier molecular flexibility index (Phi) is 8.91. The van der Waals surface area contributed by atoms with E-state index in [1.54, 1.807) is 0 Å². The van der Waals surface area contributed by atoms with Gasteiger partial charge in [0.05, 0.1) is 5.41 Å². The molecule has 2 aromatic rings. The summed E-state index contributed by atoms with van der Waals surface area (Å²) >= 11 is 0. The lowest BCUT2D eigenvalue weighted by atomic mass is 9.66. The van der Waals surface area contributed by atoms with E-state index in [1.807, 2.05) is 102 Å². The van der Waals surface area contributed by atoms with E-state index in [9.17, 15) is 14.8 Å². The van der Waals surface area contributed by atoms with Gasteiger partial charge in [0.1, 0.15) is 16.9 Å². The average molecular weight is 522 g/mol. The molecule has 1 fully saturated rings. The Morgan fingerprint density at radius 2 is 1.37 bits per heavy atom. The van der Waals surface area contributed by atoms with E-state index in [0.29, 0.717) is 19.3 Å². The minimum absolute atomic E-state index is 0.101. The number of carbonyl (C=O) groups excluding carboxylic acids is 2. The van der Waals surface area contributed by atoms with Crippen molar-refractivity contribution in [1.29, 1.82) is 0 Å². The maximum absolute atomic E-state index is 14.4. The van der Waals surface area contributed by atoms with E-state index in [2.05, 4.69) is 11.8 Å². The van der Waals surface area contributed by atoms with Crippen molar-refractivity contribution in [2.45, 2.75) is 102 Å². The Morgan fingerprint density at radius 1 is 0.921 bits per heavy atom. The zero-order valence-electron chi connectivity index (χ0n) is 24.4. The highest BCUT2D eigenvalue weighted by atomic mass is 16.6. The van der Waals surface area contributed by atoms with Crippen LogP contribution in [0.25, 0.3) is 0 Å². The molecule has 2 aromatic carbocycles. The summed E-state index contributed by atoms with van der Waals surface area (Å²) in [6.45, 7) is 9.89. The molecule has 2 unspecified atom stereocenters. The monoisotopic (exact) mass is 521 g/mol. The summed E-state index contributed by atoms with van der Waals surface area (Å²) < 4.78 is -0.635. The van der Waals surface area contributed by atoms with Crippen LogP contribution in [0, 0.1) is 0 Å². The minimum Gasteiger partial charge on any atom is -0.364 e. The van der Waals surface area contributed by atoms with Crippen LogP contribution in [0.4, 0.5) is 0 Å². The molecule has 0 aliphatic carbocycles. The van der Waals surface area contributed by atoms with Crippen LogP contribution >= 0.6 is 0 Å². The van der Waals surface area contributed by atoms with Crippen LogP contribution in [0.15, 0.2) is 60.7 Å². The van der Waals surface area contributed by atoms with Gasteiger partial charge in [0.25, 0.3) is 5.91 Å². The summed E-state index contributed by atoms with van der Waals surface area (Å²) in [5.74, 6) is -0.474. The van der Waals surface area contributed by atoms with Gasteiger partial charge in [-0.15, -0.1) is 4.65 Å². The van der Waals surface area contributed by atoms with Crippen molar-refractivity contribution in [2.24, 2.45) is 5.73 Å². The van der Waals surface area contributed by atoms with Gasteiger partial charge in [-0.05, 0) is 72.7 Å². The van der Waals surface area contributed by atoms with Gasteiger partial charge in [-0.25, -0.2) is 0 Å². The van der Waals surface area contributed by atoms with Gasteiger partial charge in [0.15, 0.2) is 0 Å². The van der Waals surface area contributed by atoms with Crippen molar-refractivity contribution in [1.82, 2.24) is 4.90 Å². The van der Waals surface area contributed by atoms with Crippen molar-refractivity contribution in [3.63, 3.8) is 0 Å². The van der Waals surface area contributed by atoms with Crippen LogP contribution in [-0.2, 0) is 20.2 Å². The second kappa shape index (κ2) is 11.3. The second-order valence-electron chi connectivity index (χ2n) is 12.7. The molecule has 1 radical (unpaired) electrons. The molecule has 1 aliphatic heterocycles. The molecule has 6 heteroatoms. The summed E-state index contributed by atoms with van der Waals surface area (Å²) in [4.78, 5) is 29.3. The van der Waals surface area contributed by atoms with Crippen LogP contribution < -0.4 is 5.73 Å². The third kappa shape index (κ3) is 5.31. The Bertz CT molecular complexity index is 1040. The fraction of sp³-hybridized carbons (Fsp3) is 0.562. The molecule has 2 atom stereocenters. The highest BCUT2D eigenvalue weighted by molar-refractivity contribution is 5.94. The molecule has 0 spiro atoms. The second-order valence-corrected chi connectivity index (χ2v) is 12.7. The van der Waals surface area contributed by atoms with E-state index >= 15 is 0 Å². The zero-order chi connectivity index (χ0) is 28.4. The molecule has 1 heterocycles. The van der Waals surface area contributed by atoms with Gasteiger partial charge in [-0.2, -0.15) is 0 Å². The van der Waals surface area contributed by atoms with Crippen LogP contribution in [-0.4, -0.2) is 58.5 Å². The number of carbonyl (C=O) groups is 2. The number of ketones is 1. The van der Waals surface area contributed by atoms with Gasteiger partial charge < -0.3 is 10.6 Å². The minimum atomic E-state index is -0.890. The first-order valence-electron chi connectivity index (χ1n) is 13.9. The molecule has 1 aliphatic rings. The largest absolute Gasteiger partial charge is 0.364 e. The number of hydrogen-bond donors (Lipinski definition) is 1. The molecule has 6 nitrogen and oxygen atoms in total. The van der Waals surface area contributed by atoms with Gasteiger partial charge >= 0.3 is 0 Å². The van der Waals surface area contributed by atoms with Crippen molar-refractivity contribution < 1.29 is 19.4 Å². The molecular weight excluding hydrogens is 474 g/mol. The van der Waals surface area contributed by atoms with Crippen molar-refractivity contribution >= 4 is 11.7 Å². The lowest BCUT2D eigenvalue weighted by molar-refractivity contribution is -1.19. The smallest absolute Gasteiger partial charge is 0.279 e. The predicted molar refractivity (Wildman–Crippen MR) is 152 cm³/mol. The number of quaternary nitrogens is 1. The maximum atomic E-state index is 14.4. The SMILES string of the molecule is CC(CC(C(=O)CCCC(C(N)=O)[N+]1([O])C(C)(C)CCC1(C)C)(c1ccccc1)c1ccccc1)N(C)C. The maximum Gasteiger partial charge on any atom is 0.279 e. The number of likely N-dealkylation sites (tertiary alicyclic amines) is 1. The number of benzene rings is 2. The molecule has 207 valence electrons. The molecule has 38 heavy (non-hydrogen) atoms. The first-order valence-corrected chi connectivity index (χ1v) is 13.9. The molecule has 0 aromatic heterocycles. The summed E-state index contributed by atoms with van der Waals surface area (Å²) in [5.41, 5.74) is 5.73. The van der Waals surface area contributed by atoms with Crippen LogP contribution in [0.1, 0.15) is 84.3 Å². The summed E-state index contributed by atoms with van der Waals surface area (Å²) in [7, 11) is 4.06. The van der Waals surface area contributed by atoms with Crippen molar-refractivity contribution in [3.8, 4) is 0 Å². The van der Waals surface area contributed by atoms with Gasteiger partial charge in [-0.3, -0.25) is 9.59 Å². The van der Waals surface area contributed by atoms with Crippen LogP contribution in [0.5, 0.6) is 0 Å². The van der Waals surface area contributed by atoms with Gasteiger partial charge in [0.2, 0.25) is 6.04 Å². The fourth-order valence-corrected chi connectivity index (χ4v) is 6.69. The van der Waals surface area contributed by atoms with Crippen LogP contribution in [0.2, 0.25) is 0 Å². The van der Waals surface area contributed by atoms with E-state index < -0.39 is 33.1 Å². The van der Waals surface area contributed by atoms with Gasteiger partial charge in [-0.1, -0.05) is 60.7 Å². The molecule has 2 N–H and O–H groups in total. The highest BCUT2D eigenvalue weighted by Crippen LogP contribution is 2.50. The lowest BCUT2D eigenvalue weighted by Gasteiger charge is -2.46. The third-order valence-electron chi connectivity index (χ3n) is 9.29. The Balaban J connectivity index is 1.97. The number of primary amides is 1. The highest BCUT2D eigenvalue weighted by Gasteiger charge is 2.66. The Morgan fingerprint density at radius 3 is 1.76 bits per heavy atom. The van der Waals surface area contributed by atoms with Crippen molar-refractivity contribution in [2.75, 3.05) is 14.1 Å². The van der Waals surface area contributed by atoms with E-state index in [-0.39, 0.29) is 18.2 Å². The average Bonchev–Trinajstić information content (AvgIpc) is 3.04. The van der Waals surface area contributed by atoms with Crippen LogP contribution in [0.3, 0.4) is 0 Å². The number of nitrogens with zero attached hydrogens (tertiary/aromatic N) is 2. The number of amides is 1. The van der Waals surface area contributed by atoms with E-state index in [1.165, 1.54) is 0 Å². The first kappa shape index (κ1) is 30.0. The number of nitrogens with two attached hydrogens (primary N) is 1. The molecule has 0 saturated carbocycles. The number of Topliss-reactive ketones (excluding diaryl/α,β-unsaturated/α-hetero) is 1. The predicted octanol–water partition coefficient (Wildman–Crippen LogP) is 5.42. The first-order chi connectivity index (χ1) is 17.7. The number of rotatable bonds is 12. The van der Waals surface area contributed by atoms with E-state index in [4.69, 9.17) is 5.73 Å². The number of hydroxylamine groups is 3. The molecule has 0 bridgehead atoms. The molecule has 3 rings (SSSR count). The summed E-state index contributed by atoms with van der Waals surface area (Å²) in [6, 6.07) is 19.2. The standard InChI is InChI=1S/C32H47N3O3/c1-24(34(6)7)23-32(25-15-10-8-11-16-25,26-17-12-9-13-18-26)28(36)20-14-19-27(29(33)37)35(38)30(2,3)21-22-31(35,4)5/h8-13,15-18,24,27H,14,19-23H2,1-7H3,(H2,33,37)/q+1. The topological polar surface area (TPSA) is 83.3 Å². The zero-order valence-corrected chi connectivity index (χ0v) is 24.4. The third-order valence-corrected chi connectivity index (χ3v) is 9.29. The molecule has 1 amide bonds. The Labute approximate surface area is 229 Å². The number of hydrogen-bond acceptors (Lipinski definition) is 3. The molecular formula is C32H47N3O3+. The quantitative estimate of drug-likeness (QED) is 0.379. The normalized spacial score (nSPS) is 19.7. The molecule has 1 saturated heterocycles. The summed E-state index contributed by atoms with van der Waals surface area (Å²) in [5, 5.41) is 14.4. The lowest BCUT2D eigenvalue weighted by Crippen LogP contribution is -2.70. The van der Waals surface area contributed by atoms with Crippen molar-refractivity contribution in [3.05, 3.63) is 71.8 Å². The Hall–Kier alpha value is -2.54. The summed E-state index contributed by atoms with van der Waals surface area (Å²) in [6.07, 6.45) is 3.07. The van der Waals surface area contributed by atoms with E-state index in [0.717, 1.165) is 24.0 Å². The van der Waals surface area contributed by atoms with Gasteiger partial charge in [0, 0.05) is 36.9 Å².